The molecule has 0 amide bonds. The highest BCUT2D eigenvalue weighted by Crippen LogP contribution is 2.50. The molecule has 142 valence electrons. The van der Waals surface area contributed by atoms with Gasteiger partial charge in [0.2, 0.25) is 0 Å². The Bertz CT molecular complexity index is 429. The third-order valence-electron chi connectivity index (χ3n) is 8.48. The summed E-state index contributed by atoms with van der Waals surface area (Å²) in [5, 5.41) is 0. The van der Waals surface area contributed by atoms with Gasteiger partial charge in [0, 0.05) is 0 Å². The SMILES string of the molecule is [CH2-]C1C(C2CCCCC2)=CC(C2CCCCC2)CC1C1CCCCC1. The first kappa shape index (κ1) is 18.1. The van der Waals surface area contributed by atoms with E-state index in [0.717, 1.165) is 29.6 Å². The lowest BCUT2D eigenvalue weighted by Gasteiger charge is -2.48. The van der Waals surface area contributed by atoms with Crippen molar-refractivity contribution in [2.75, 3.05) is 0 Å². The van der Waals surface area contributed by atoms with E-state index in [0.29, 0.717) is 5.92 Å². The molecule has 4 aliphatic rings. The van der Waals surface area contributed by atoms with E-state index in [-0.39, 0.29) is 0 Å². The molecule has 3 unspecified atom stereocenters. The first-order valence-electron chi connectivity index (χ1n) is 11.9. The van der Waals surface area contributed by atoms with Gasteiger partial charge >= 0.3 is 0 Å². The molecule has 0 spiro atoms. The molecule has 3 atom stereocenters. The number of rotatable bonds is 3. The first-order chi connectivity index (χ1) is 12.3. The van der Waals surface area contributed by atoms with E-state index in [2.05, 4.69) is 6.08 Å². The van der Waals surface area contributed by atoms with E-state index >= 15 is 0 Å². The summed E-state index contributed by atoms with van der Waals surface area (Å²) in [5.74, 6) is 5.36. The average molecular weight is 342 g/mol. The minimum absolute atomic E-state index is 0.644. The second-order valence-corrected chi connectivity index (χ2v) is 9.97. The Kier molecular flexibility index (Phi) is 6.25. The smallest absolute Gasteiger partial charge is 0.0201 e. The summed E-state index contributed by atoms with van der Waals surface area (Å²) >= 11 is 0. The Labute approximate surface area is 157 Å². The molecule has 0 radical (unpaired) electrons. The normalized spacial score (nSPS) is 37.0. The zero-order valence-electron chi connectivity index (χ0n) is 16.6. The molecule has 0 aromatic heterocycles. The second kappa shape index (κ2) is 8.62. The van der Waals surface area contributed by atoms with Gasteiger partial charge in [0.25, 0.3) is 0 Å². The Morgan fingerprint density at radius 3 is 1.76 bits per heavy atom. The maximum absolute atomic E-state index is 4.82. The first-order valence-corrected chi connectivity index (χ1v) is 11.9. The van der Waals surface area contributed by atoms with Gasteiger partial charge in [-0.2, -0.15) is 0 Å². The summed E-state index contributed by atoms with van der Waals surface area (Å²) in [5.41, 5.74) is 1.84. The van der Waals surface area contributed by atoms with Crippen molar-refractivity contribution in [2.24, 2.45) is 35.5 Å². The summed E-state index contributed by atoms with van der Waals surface area (Å²) in [6.45, 7) is 4.82. The molecule has 0 aromatic carbocycles. The van der Waals surface area contributed by atoms with Crippen molar-refractivity contribution < 1.29 is 0 Å². The molecule has 0 saturated heterocycles. The molecule has 0 N–H and O–H groups in total. The molecule has 0 heteroatoms. The minimum atomic E-state index is 0.644. The van der Waals surface area contributed by atoms with Crippen LogP contribution in [0.2, 0.25) is 0 Å². The molecule has 0 bridgehead atoms. The molecule has 4 rings (SSSR count). The zero-order valence-corrected chi connectivity index (χ0v) is 16.6. The highest BCUT2D eigenvalue weighted by molar-refractivity contribution is 5.20. The van der Waals surface area contributed by atoms with Gasteiger partial charge in [0.1, 0.15) is 0 Å². The maximum atomic E-state index is 4.82. The molecule has 0 aromatic rings. The third kappa shape index (κ3) is 4.19. The quantitative estimate of drug-likeness (QED) is 0.364. The summed E-state index contributed by atoms with van der Waals surface area (Å²) in [6.07, 6.45) is 26.6. The minimum Gasteiger partial charge on any atom is -0.336 e. The predicted octanol–water partition coefficient (Wildman–Crippen LogP) is 7.74. The molecule has 0 nitrogen and oxygen atoms in total. The monoisotopic (exact) mass is 341 g/mol. The molecule has 3 fully saturated rings. The van der Waals surface area contributed by atoms with E-state index in [9.17, 15) is 0 Å². The molecular weight excluding hydrogens is 300 g/mol. The lowest BCUT2D eigenvalue weighted by molar-refractivity contribution is 0.137. The standard InChI is InChI=1S/C25H41/c1-19-24(21-13-7-3-8-14-21)17-23(20-11-5-2-6-12-20)18-25(19)22-15-9-4-10-16-22/h17,19-23,25H,1-16,18H2/q-1. The Morgan fingerprint density at radius 1 is 0.640 bits per heavy atom. The van der Waals surface area contributed by atoms with E-state index in [1.807, 2.05) is 5.57 Å². The topological polar surface area (TPSA) is 0 Å². The van der Waals surface area contributed by atoms with Crippen molar-refractivity contribution in [3.63, 3.8) is 0 Å². The van der Waals surface area contributed by atoms with Gasteiger partial charge in [-0.1, -0.05) is 88.2 Å². The summed E-state index contributed by atoms with van der Waals surface area (Å²) in [4.78, 5) is 0. The number of hydrogen-bond acceptors (Lipinski definition) is 0. The van der Waals surface area contributed by atoms with Crippen molar-refractivity contribution in [1.82, 2.24) is 0 Å². The molecule has 3 saturated carbocycles. The van der Waals surface area contributed by atoms with Crippen LogP contribution in [-0.4, -0.2) is 0 Å². The van der Waals surface area contributed by atoms with Crippen molar-refractivity contribution in [3.05, 3.63) is 18.6 Å². The molecule has 0 aliphatic heterocycles. The molecular formula is C25H41-. The summed E-state index contributed by atoms with van der Waals surface area (Å²) in [6, 6.07) is 0. The van der Waals surface area contributed by atoms with Gasteiger partial charge in [-0.3, -0.25) is 0 Å². The van der Waals surface area contributed by atoms with Crippen LogP contribution >= 0.6 is 0 Å². The van der Waals surface area contributed by atoms with Crippen LogP contribution in [0, 0.1) is 42.4 Å². The van der Waals surface area contributed by atoms with E-state index in [1.165, 1.54) is 103 Å². The molecule has 25 heavy (non-hydrogen) atoms. The fraction of sp³-hybridized carbons (Fsp3) is 0.880. The van der Waals surface area contributed by atoms with Crippen LogP contribution < -0.4 is 0 Å². The third-order valence-corrected chi connectivity index (χ3v) is 8.48. The van der Waals surface area contributed by atoms with Crippen molar-refractivity contribution in [1.29, 1.82) is 0 Å². The molecule has 0 heterocycles. The van der Waals surface area contributed by atoms with Gasteiger partial charge in [-0.15, -0.1) is 5.92 Å². The van der Waals surface area contributed by atoms with Crippen LogP contribution in [0.25, 0.3) is 0 Å². The fourth-order valence-corrected chi connectivity index (χ4v) is 7.01. The van der Waals surface area contributed by atoms with Crippen LogP contribution in [0.1, 0.15) is 103 Å². The lowest BCUT2D eigenvalue weighted by Crippen LogP contribution is -2.35. The van der Waals surface area contributed by atoms with Crippen LogP contribution in [0.15, 0.2) is 11.6 Å². The molecule has 4 aliphatic carbocycles. The van der Waals surface area contributed by atoms with Gasteiger partial charge in [-0.25, -0.2) is 0 Å². The lowest BCUT2D eigenvalue weighted by atomic mass is 9.60. The average Bonchev–Trinajstić information content (AvgIpc) is 2.70. The Hall–Kier alpha value is -0.260. The van der Waals surface area contributed by atoms with E-state index in [4.69, 9.17) is 6.92 Å². The van der Waals surface area contributed by atoms with Crippen LogP contribution in [0.5, 0.6) is 0 Å². The van der Waals surface area contributed by atoms with E-state index < -0.39 is 0 Å². The van der Waals surface area contributed by atoms with Crippen molar-refractivity contribution >= 4 is 0 Å². The number of hydrogen-bond donors (Lipinski definition) is 0. The Balaban J connectivity index is 1.55. The second-order valence-electron chi connectivity index (χ2n) is 9.97. The summed E-state index contributed by atoms with van der Waals surface area (Å²) in [7, 11) is 0. The zero-order chi connectivity index (χ0) is 17.1. The fourth-order valence-electron chi connectivity index (χ4n) is 7.01. The van der Waals surface area contributed by atoms with Crippen molar-refractivity contribution in [2.45, 2.75) is 103 Å². The van der Waals surface area contributed by atoms with Crippen LogP contribution in [-0.2, 0) is 0 Å². The Morgan fingerprint density at radius 2 is 1.16 bits per heavy atom. The van der Waals surface area contributed by atoms with Crippen LogP contribution in [0.3, 0.4) is 0 Å². The van der Waals surface area contributed by atoms with Gasteiger partial charge < -0.3 is 6.92 Å². The highest BCUT2D eigenvalue weighted by atomic mass is 14.4. The van der Waals surface area contributed by atoms with Gasteiger partial charge in [0.15, 0.2) is 0 Å². The largest absolute Gasteiger partial charge is 0.336 e. The number of allylic oxidation sites excluding steroid dienone is 2. The van der Waals surface area contributed by atoms with Crippen molar-refractivity contribution in [3.8, 4) is 0 Å². The highest BCUT2D eigenvalue weighted by Gasteiger charge is 2.36. The van der Waals surface area contributed by atoms with E-state index in [1.54, 1.807) is 0 Å². The predicted molar refractivity (Wildman–Crippen MR) is 108 cm³/mol. The van der Waals surface area contributed by atoms with Crippen LogP contribution in [0.4, 0.5) is 0 Å². The van der Waals surface area contributed by atoms with Gasteiger partial charge in [-0.05, 0) is 55.8 Å². The summed E-state index contributed by atoms with van der Waals surface area (Å²) < 4.78 is 0. The maximum Gasteiger partial charge on any atom is -0.0201 e. The van der Waals surface area contributed by atoms with Gasteiger partial charge in [0.05, 0.1) is 0 Å².